The maximum absolute atomic E-state index is 12.9. The average molecular weight is 420 g/mol. The summed E-state index contributed by atoms with van der Waals surface area (Å²) in [6.07, 6.45) is 6.93. The van der Waals surface area contributed by atoms with Gasteiger partial charge in [0, 0.05) is 18.9 Å². The third-order valence-electron chi connectivity index (χ3n) is 5.13. The van der Waals surface area contributed by atoms with Crippen molar-refractivity contribution >= 4 is 23.6 Å². The van der Waals surface area contributed by atoms with E-state index >= 15 is 0 Å². The summed E-state index contributed by atoms with van der Waals surface area (Å²) in [6.45, 7) is 6.06. The van der Waals surface area contributed by atoms with Crippen molar-refractivity contribution in [3.63, 3.8) is 0 Å². The molecule has 2 atom stereocenters. The standard InChI is InChI=1S/C21H26ClN3O4/c1-11(2)9-13(24-21(27)28)10-29-16-6-5-15-14-7-8-23-12(3)17(14)20(26)25(4)19(15)18(16)22/h5-8,11,13,19,23-24H,9-10H2,1-4H3,(H,27,28). The van der Waals surface area contributed by atoms with Crippen LogP contribution in [0.3, 0.4) is 0 Å². The van der Waals surface area contributed by atoms with E-state index in [2.05, 4.69) is 10.6 Å². The lowest BCUT2D eigenvalue weighted by atomic mass is 9.84. The number of nitrogens with zero attached hydrogens (tertiary/aromatic N) is 1. The number of allylic oxidation sites excluding steroid dienone is 3. The second-order valence-corrected chi connectivity index (χ2v) is 8.20. The molecule has 0 bridgehead atoms. The quantitative estimate of drug-likeness (QED) is 0.614. The minimum Gasteiger partial charge on any atom is -0.490 e. The van der Waals surface area contributed by atoms with Gasteiger partial charge in [0.1, 0.15) is 12.4 Å². The van der Waals surface area contributed by atoms with Crippen LogP contribution in [0.25, 0.3) is 0 Å². The number of halogens is 1. The highest BCUT2D eigenvalue weighted by Crippen LogP contribution is 2.40. The van der Waals surface area contributed by atoms with E-state index < -0.39 is 12.1 Å². The molecule has 0 radical (unpaired) electrons. The molecule has 2 amide bonds. The first-order valence-electron chi connectivity index (χ1n) is 9.56. The minimum absolute atomic E-state index is 0.110. The molecule has 0 saturated carbocycles. The Labute approximate surface area is 175 Å². The average Bonchev–Trinajstić information content (AvgIpc) is 2.63. The van der Waals surface area contributed by atoms with Crippen molar-refractivity contribution in [3.05, 3.63) is 57.6 Å². The highest BCUT2D eigenvalue weighted by molar-refractivity contribution is 6.31. The fraction of sp³-hybridized carbons (Fsp3) is 0.429. The number of carbonyl (C=O) groups is 2. The number of likely N-dealkylation sites (N-methyl/N-ethyl adjacent to an activating group) is 1. The lowest BCUT2D eigenvalue weighted by molar-refractivity contribution is -0.127. The zero-order chi connectivity index (χ0) is 21.3. The van der Waals surface area contributed by atoms with Crippen LogP contribution < -0.4 is 10.6 Å². The predicted molar refractivity (Wildman–Crippen MR) is 111 cm³/mol. The Hall–Kier alpha value is -2.67. The number of hydrogen-bond donors (Lipinski definition) is 3. The van der Waals surface area contributed by atoms with Crippen molar-refractivity contribution in [3.8, 4) is 0 Å². The number of carbonyl (C=O) groups excluding carboxylic acids is 1. The second kappa shape index (κ2) is 8.37. The first-order valence-corrected chi connectivity index (χ1v) is 9.94. The van der Waals surface area contributed by atoms with E-state index in [1.165, 1.54) is 0 Å². The summed E-state index contributed by atoms with van der Waals surface area (Å²) < 4.78 is 5.88. The van der Waals surface area contributed by atoms with Gasteiger partial charge in [-0.15, -0.1) is 0 Å². The molecule has 1 aliphatic carbocycles. The molecule has 0 fully saturated rings. The van der Waals surface area contributed by atoms with E-state index in [4.69, 9.17) is 21.4 Å². The van der Waals surface area contributed by atoms with E-state index in [0.717, 1.165) is 16.8 Å². The normalized spacial score (nSPS) is 21.9. The van der Waals surface area contributed by atoms with Crippen LogP contribution in [0.2, 0.25) is 0 Å². The summed E-state index contributed by atoms with van der Waals surface area (Å²) in [5.41, 5.74) is 3.23. The van der Waals surface area contributed by atoms with Crippen molar-refractivity contribution in [1.29, 1.82) is 0 Å². The Morgan fingerprint density at radius 3 is 2.76 bits per heavy atom. The molecule has 2 heterocycles. The molecular formula is C21H26ClN3O4. The van der Waals surface area contributed by atoms with E-state index in [1.807, 2.05) is 39.1 Å². The number of fused-ring (bicyclic) bond motifs is 2. The van der Waals surface area contributed by atoms with E-state index in [0.29, 0.717) is 28.7 Å². The van der Waals surface area contributed by atoms with Gasteiger partial charge in [-0.3, -0.25) is 4.79 Å². The summed E-state index contributed by atoms with van der Waals surface area (Å²) in [5, 5.41) is 15.0. The first-order chi connectivity index (χ1) is 13.7. The number of nitrogens with one attached hydrogen (secondary N) is 2. The van der Waals surface area contributed by atoms with Crippen molar-refractivity contribution in [2.24, 2.45) is 5.92 Å². The molecule has 29 heavy (non-hydrogen) atoms. The maximum atomic E-state index is 12.9. The van der Waals surface area contributed by atoms with E-state index in [9.17, 15) is 9.59 Å². The second-order valence-electron chi connectivity index (χ2n) is 7.80. The molecular weight excluding hydrogens is 394 g/mol. The Morgan fingerprint density at radius 2 is 2.10 bits per heavy atom. The molecule has 0 aromatic carbocycles. The van der Waals surface area contributed by atoms with Gasteiger partial charge in [-0.25, -0.2) is 4.79 Å². The summed E-state index contributed by atoms with van der Waals surface area (Å²) in [6, 6.07) is -0.790. The molecule has 156 valence electrons. The Balaban J connectivity index is 1.87. The van der Waals surface area contributed by atoms with E-state index in [1.54, 1.807) is 18.0 Å². The van der Waals surface area contributed by atoms with Gasteiger partial charge in [0.15, 0.2) is 0 Å². The Morgan fingerprint density at radius 1 is 1.38 bits per heavy atom. The van der Waals surface area contributed by atoms with Crippen LogP contribution in [0.5, 0.6) is 0 Å². The molecule has 3 aliphatic rings. The molecule has 7 nitrogen and oxygen atoms in total. The van der Waals surface area contributed by atoms with Gasteiger partial charge in [-0.05, 0) is 42.6 Å². The van der Waals surface area contributed by atoms with Crippen molar-refractivity contribution in [1.82, 2.24) is 15.5 Å². The summed E-state index contributed by atoms with van der Waals surface area (Å²) in [5.74, 6) is 0.644. The van der Waals surface area contributed by atoms with Gasteiger partial charge in [0.2, 0.25) is 0 Å². The van der Waals surface area contributed by atoms with Gasteiger partial charge in [-0.2, -0.15) is 0 Å². The van der Waals surface area contributed by atoms with E-state index in [-0.39, 0.29) is 18.6 Å². The monoisotopic (exact) mass is 419 g/mol. The summed E-state index contributed by atoms with van der Waals surface area (Å²) >= 11 is 6.66. The molecule has 8 heteroatoms. The van der Waals surface area contributed by atoms with Gasteiger partial charge >= 0.3 is 6.09 Å². The van der Waals surface area contributed by atoms with Crippen LogP contribution in [-0.2, 0) is 9.53 Å². The Kier molecular flexibility index (Phi) is 6.07. The molecule has 0 spiro atoms. The highest BCUT2D eigenvalue weighted by atomic mass is 35.5. The number of dihydropyridines is 1. The number of amides is 2. The largest absolute Gasteiger partial charge is 0.490 e. The third-order valence-corrected chi connectivity index (χ3v) is 5.53. The molecule has 3 N–H and O–H groups in total. The lowest BCUT2D eigenvalue weighted by Crippen LogP contribution is -2.46. The number of carboxylic acid groups (broad SMARTS) is 1. The molecule has 2 unspecified atom stereocenters. The SMILES string of the molecule is CC1=C2C(=O)N(C)C3C(Cl)=C(OCC(CC(C)C)NC(=O)O)C=CC3=C2C=CN1. The van der Waals surface area contributed by atoms with Crippen LogP contribution in [0.15, 0.2) is 57.6 Å². The number of rotatable bonds is 6. The zero-order valence-electron chi connectivity index (χ0n) is 17.0. The zero-order valence-corrected chi connectivity index (χ0v) is 17.7. The molecule has 2 aliphatic heterocycles. The number of hydrogen-bond acceptors (Lipinski definition) is 4. The van der Waals surface area contributed by atoms with Gasteiger partial charge in [0.05, 0.1) is 22.7 Å². The highest BCUT2D eigenvalue weighted by Gasteiger charge is 2.40. The van der Waals surface area contributed by atoms with Gasteiger partial charge < -0.3 is 25.4 Å². The molecule has 0 aromatic rings. The smallest absolute Gasteiger partial charge is 0.404 e. The molecule has 0 saturated heterocycles. The summed E-state index contributed by atoms with van der Waals surface area (Å²) in [4.78, 5) is 25.6. The van der Waals surface area contributed by atoms with Crippen LogP contribution in [0.1, 0.15) is 27.2 Å². The lowest BCUT2D eigenvalue weighted by Gasteiger charge is -2.39. The number of ether oxygens (including phenoxy) is 1. The topological polar surface area (TPSA) is 90.9 Å². The van der Waals surface area contributed by atoms with Crippen LogP contribution in [-0.4, -0.2) is 47.7 Å². The summed E-state index contributed by atoms with van der Waals surface area (Å²) in [7, 11) is 1.72. The fourth-order valence-electron chi connectivity index (χ4n) is 3.86. The first kappa shape index (κ1) is 21.0. The molecule has 3 rings (SSSR count). The van der Waals surface area contributed by atoms with Gasteiger partial charge in [0.25, 0.3) is 5.91 Å². The van der Waals surface area contributed by atoms with Gasteiger partial charge in [-0.1, -0.05) is 31.5 Å². The Bertz CT molecular complexity index is 882. The van der Waals surface area contributed by atoms with Crippen molar-refractivity contribution < 1.29 is 19.4 Å². The van der Waals surface area contributed by atoms with Crippen LogP contribution in [0, 0.1) is 5.92 Å². The van der Waals surface area contributed by atoms with Crippen molar-refractivity contribution in [2.75, 3.05) is 13.7 Å². The predicted octanol–water partition coefficient (Wildman–Crippen LogP) is 3.23. The van der Waals surface area contributed by atoms with Crippen LogP contribution >= 0.6 is 11.6 Å². The van der Waals surface area contributed by atoms with Crippen molar-refractivity contribution in [2.45, 2.75) is 39.3 Å². The maximum Gasteiger partial charge on any atom is 0.404 e. The molecule has 0 aromatic heterocycles. The third kappa shape index (κ3) is 4.19. The minimum atomic E-state index is -1.09. The van der Waals surface area contributed by atoms with Crippen LogP contribution in [0.4, 0.5) is 4.79 Å². The fourth-order valence-corrected chi connectivity index (χ4v) is 4.24.